The van der Waals surface area contributed by atoms with E-state index in [9.17, 15) is 18.0 Å². The van der Waals surface area contributed by atoms with Crippen LogP contribution < -0.4 is 5.32 Å². The van der Waals surface area contributed by atoms with Gasteiger partial charge in [-0.05, 0) is 74.4 Å². The number of nitrogens with one attached hydrogen (secondary N) is 1. The second-order valence-corrected chi connectivity index (χ2v) is 12.3. The minimum atomic E-state index is -3.48. The lowest BCUT2D eigenvalue weighted by molar-refractivity contribution is -0.140. The van der Waals surface area contributed by atoms with E-state index in [2.05, 4.69) is 5.32 Å². The Bertz CT molecular complexity index is 1190. The van der Waals surface area contributed by atoms with Crippen molar-refractivity contribution < 1.29 is 22.7 Å². The molecule has 0 spiro atoms. The summed E-state index contributed by atoms with van der Waals surface area (Å²) in [5.41, 5.74) is 1.73. The van der Waals surface area contributed by atoms with Crippen LogP contribution in [-0.2, 0) is 37.3 Å². The fourth-order valence-electron chi connectivity index (χ4n) is 4.84. The van der Waals surface area contributed by atoms with Crippen molar-refractivity contribution in [2.75, 3.05) is 26.2 Å². The number of carbonyl (C=O) groups is 2. The maximum Gasteiger partial charge on any atom is 0.243 e. The molecule has 0 saturated carbocycles. The van der Waals surface area contributed by atoms with Crippen molar-refractivity contribution in [3.63, 3.8) is 0 Å². The Balaban J connectivity index is 1.40. The van der Waals surface area contributed by atoms with Crippen LogP contribution in [0.15, 0.2) is 53.4 Å². The van der Waals surface area contributed by atoms with Crippen molar-refractivity contribution >= 4 is 33.4 Å². The van der Waals surface area contributed by atoms with Gasteiger partial charge in [-0.3, -0.25) is 9.59 Å². The van der Waals surface area contributed by atoms with E-state index in [0.29, 0.717) is 37.7 Å². The molecule has 0 unspecified atom stereocenters. The molecular formula is C28H36ClN3O5S. The highest BCUT2D eigenvalue weighted by molar-refractivity contribution is 7.89. The molecule has 2 aliphatic heterocycles. The molecule has 1 N–H and O–H groups in total. The van der Waals surface area contributed by atoms with E-state index >= 15 is 0 Å². The zero-order valence-corrected chi connectivity index (χ0v) is 23.3. The number of sulfonamides is 1. The van der Waals surface area contributed by atoms with Crippen LogP contribution in [0.3, 0.4) is 0 Å². The van der Waals surface area contributed by atoms with Crippen LogP contribution in [0, 0.1) is 0 Å². The van der Waals surface area contributed by atoms with Crippen molar-refractivity contribution in [2.24, 2.45) is 0 Å². The molecule has 38 heavy (non-hydrogen) atoms. The van der Waals surface area contributed by atoms with Gasteiger partial charge < -0.3 is 15.0 Å². The number of benzene rings is 2. The lowest BCUT2D eigenvalue weighted by Crippen LogP contribution is -2.49. The van der Waals surface area contributed by atoms with Gasteiger partial charge in [0.25, 0.3) is 0 Å². The third kappa shape index (κ3) is 7.34. The summed E-state index contributed by atoms with van der Waals surface area (Å²) in [7, 11) is -3.48. The summed E-state index contributed by atoms with van der Waals surface area (Å²) in [5.74, 6) is -0.382. The van der Waals surface area contributed by atoms with Gasteiger partial charge in [-0.25, -0.2) is 8.42 Å². The van der Waals surface area contributed by atoms with E-state index in [4.69, 9.17) is 16.3 Å². The molecule has 2 fully saturated rings. The zero-order valence-electron chi connectivity index (χ0n) is 21.8. The highest BCUT2D eigenvalue weighted by Gasteiger charge is 2.28. The Hall–Kier alpha value is -2.46. The fraction of sp³-hybridized carbons (Fsp3) is 0.500. The predicted octanol–water partition coefficient (Wildman–Crippen LogP) is 3.77. The molecule has 2 amide bonds. The first kappa shape index (κ1) is 28.5. The third-order valence-corrected chi connectivity index (χ3v) is 9.38. The van der Waals surface area contributed by atoms with Crippen molar-refractivity contribution in [3.8, 4) is 0 Å². The number of hydrogen-bond donors (Lipinski definition) is 1. The topological polar surface area (TPSA) is 96.0 Å². The van der Waals surface area contributed by atoms with E-state index in [-0.39, 0.29) is 35.8 Å². The summed E-state index contributed by atoms with van der Waals surface area (Å²) in [4.78, 5) is 28.2. The van der Waals surface area contributed by atoms with E-state index in [0.717, 1.165) is 36.8 Å². The van der Waals surface area contributed by atoms with Crippen LogP contribution in [0.25, 0.3) is 0 Å². The van der Waals surface area contributed by atoms with Gasteiger partial charge in [0.2, 0.25) is 21.8 Å². The number of carbonyl (C=O) groups excluding carboxylic acids is 2. The molecule has 2 aliphatic rings. The minimum absolute atomic E-state index is 0.0174. The normalized spacial score (nSPS) is 18.8. The molecule has 2 saturated heterocycles. The van der Waals surface area contributed by atoms with Gasteiger partial charge >= 0.3 is 0 Å². The molecule has 2 aromatic rings. The minimum Gasteiger partial charge on any atom is -0.376 e. The molecule has 8 nitrogen and oxygen atoms in total. The number of aryl methyl sites for hydroxylation is 1. The SMILES string of the molecule is C[C@@H](C(=O)NC[C@H]1CCCO1)N(Cc1ccc(Cl)cc1)C(=O)CCc1ccc(S(=O)(=O)N2CCCC2)cc1. The van der Waals surface area contributed by atoms with Crippen LogP contribution in [0.4, 0.5) is 0 Å². The molecule has 10 heteroatoms. The van der Waals surface area contributed by atoms with Gasteiger partial charge in [-0.2, -0.15) is 4.31 Å². The Labute approximate surface area is 230 Å². The molecule has 4 rings (SSSR count). The average Bonchev–Trinajstić information content (AvgIpc) is 3.65. The second kappa shape index (κ2) is 13.1. The monoisotopic (exact) mass is 561 g/mol. The molecule has 206 valence electrons. The maximum atomic E-state index is 13.4. The Morgan fingerprint density at radius 2 is 1.71 bits per heavy atom. The van der Waals surface area contributed by atoms with Crippen molar-refractivity contribution in [1.82, 2.24) is 14.5 Å². The number of rotatable bonds is 11. The van der Waals surface area contributed by atoms with E-state index < -0.39 is 16.1 Å². The van der Waals surface area contributed by atoms with E-state index in [1.54, 1.807) is 48.2 Å². The number of hydrogen-bond acceptors (Lipinski definition) is 5. The molecule has 2 aromatic carbocycles. The van der Waals surface area contributed by atoms with Crippen LogP contribution >= 0.6 is 11.6 Å². The van der Waals surface area contributed by atoms with Crippen LogP contribution in [0.5, 0.6) is 0 Å². The first-order valence-electron chi connectivity index (χ1n) is 13.3. The summed E-state index contributed by atoms with van der Waals surface area (Å²) in [6.07, 6.45) is 4.32. The van der Waals surface area contributed by atoms with E-state index in [1.165, 1.54) is 4.31 Å². The van der Waals surface area contributed by atoms with Gasteiger partial charge in [-0.15, -0.1) is 0 Å². The highest BCUT2D eigenvalue weighted by Crippen LogP contribution is 2.22. The standard InChI is InChI=1S/C28H36ClN3O5S/c1-21(28(34)30-19-25-5-4-18-37-25)32(20-23-6-11-24(29)12-7-23)27(33)15-10-22-8-13-26(14-9-22)38(35,36)31-16-2-3-17-31/h6-9,11-14,21,25H,2-5,10,15-20H2,1H3,(H,30,34)/t21-,25+/m0/s1. The zero-order chi connectivity index (χ0) is 27.1. The molecular weight excluding hydrogens is 526 g/mol. The second-order valence-electron chi connectivity index (χ2n) is 9.96. The summed E-state index contributed by atoms with van der Waals surface area (Å²) < 4.78 is 32.7. The molecule has 0 aliphatic carbocycles. The number of amides is 2. The van der Waals surface area contributed by atoms with Crippen molar-refractivity contribution in [2.45, 2.75) is 69.0 Å². The summed E-state index contributed by atoms with van der Waals surface area (Å²) in [6.45, 7) is 4.26. The first-order valence-corrected chi connectivity index (χ1v) is 15.1. The largest absolute Gasteiger partial charge is 0.376 e. The number of halogens is 1. The smallest absolute Gasteiger partial charge is 0.243 e. The van der Waals surface area contributed by atoms with Crippen molar-refractivity contribution in [1.29, 1.82) is 0 Å². The summed E-state index contributed by atoms with van der Waals surface area (Å²) in [5, 5.41) is 3.53. The predicted molar refractivity (Wildman–Crippen MR) is 146 cm³/mol. The van der Waals surface area contributed by atoms with Crippen LogP contribution in [0.1, 0.15) is 50.2 Å². The van der Waals surface area contributed by atoms with Gasteiger partial charge in [-0.1, -0.05) is 35.9 Å². The molecule has 0 bridgehead atoms. The van der Waals surface area contributed by atoms with Crippen molar-refractivity contribution in [3.05, 3.63) is 64.7 Å². The van der Waals surface area contributed by atoms with E-state index in [1.807, 2.05) is 12.1 Å². The molecule has 0 aromatic heterocycles. The fourth-order valence-corrected chi connectivity index (χ4v) is 6.48. The third-order valence-electron chi connectivity index (χ3n) is 7.22. The number of ether oxygens (including phenoxy) is 1. The molecule has 2 atom stereocenters. The lowest BCUT2D eigenvalue weighted by Gasteiger charge is -2.29. The molecule has 0 radical (unpaired) electrons. The van der Waals surface area contributed by atoms with Gasteiger partial charge in [0.05, 0.1) is 11.0 Å². The summed E-state index contributed by atoms with van der Waals surface area (Å²) >= 11 is 6.02. The molecule has 2 heterocycles. The van der Waals surface area contributed by atoms with Crippen LogP contribution in [0.2, 0.25) is 5.02 Å². The highest BCUT2D eigenvalue weighted by atomic mass is 35.5. The van der Waals surface area contributed by atoms with Gasteiger partial charge in [0, 0.05) is 44.2 Å². The maximum absolute atomic E-state index is 13.4. The number of nitrogens with zero attached hydrogens (tertiary/aromatic N) is 2. The average molecular weight is 562 g/mol. The quantitative estimate of drug-likeness (QED) is 0.450. The summed E-state index contributed by atoms with van der Waals surface area (Å²) in [6, 6.07) is 13.3. The Morgan fingerprint density at radius 1 is 1.05 bits per heavy atom. The van der Waals surface area contributed by atoms with Gasteiger partial charge in [0.15, 0.2) is 0 Å². The lowest BCUT2D eigenvalue weighted by atomic mass is 10.1. The Kier molecular flexibility index (Phi) is 9.81. The van der Waals surface area contributed by atoms with Gasteiger partial charge in [0.1, 0.15) is 6.04 Å². The van der Waals surface area contributed by atoms with Crippen LogP contribution in [-0.4, -0.2) is 67.8 Å². The Morgan fingerprint density at radius 3 is 2.34 bits per heavy atom. The first-order chi connectivity index (χ1) is 18.2.